The number of carbonyl (C=O) groups excluding carboxylic acids is 1. The van der Waals surface area contributed by atoms with Crippen molar-refractivity contribution in [3.8, 4) is 0 Å². The molecular weight excluding hydrogens is 396 g/mol. The monoisotopic (exact) mass is 414 g/mol. The minimum atomic E-state index is -0.233. The van der Waals surface area contributed by atoms with E-state index >= 15 is 0 Å². The normalized spacial score (nSPS) is 14.8. The summed E-state index contributed by atoms with van der Waals surface area (Å²) in [6, 6.07) is 11.2. The van der Waals surface area contributed by atoms with Crippen LogP contribution in [-0.4, -0.2) is 20.0 Å². The van der Waals surface area contributed by atoms with Crippen LogP contribution in [0, 0.1) is 0 Å². The number of nitrogens with one attached hydrogen (secondary N) is 1. The number of hydrogen-bond acceptors (Lipinski definition) is 3. The van der Waals surface area contributed by atoms with Crippen LogP contribution in [0.25, 0.3) is 11.2 Å². The number of benzene rings is 1. The zero-order valence-corrected chi connectivity index (χ0v) is 15.8. The van der Waals surface area contributed by atoms with Gasteiger partial charge in [-0.3, -0.25) is 13.9 Å². The summed E-state index contributed by atoms with van der Waals surface area (Å²) in [6.45, 7) is -0.0309. The van der Waals surface area contributed by atoms with Gasteiger partial charge >= 0.3 is 5.69 Å². The number of carbonyl (C=O) groups is 1. The van der Waals surface area contributed by atoms with E-state index in [1.165, 1.54) is 4.57 Å². The minimum absolute atomic E-state index is 0.0309. The van der Waals surface area contributed by atoms with Crippen molar-refractivity contribution in [2.75, 3.05) is 5.32 Å². The first-order valence-electron chi connectivity index (χ1n) is 8.74. The summed E-state index contributed by atoms with van der Waals surface area (Å²) in [5.74, 6) is -0.233. The average Bonchev–Trinajstić information content (AvgIpc) is 3.24. The lowest BCUT2D eigenvalue weighted by Crippen LogP contribution is -2.30. The molecule has 6 nitrogen and oxygen atoms in total. The first kappa shape index (κ1) is 17.0. The van der Waals surface area contributed by atoms with Gasteiger partial charge in [-0.05, 0) is 49.2 Å². The first-order valence-corrected chi connectivity index (χ1v) is 9.54. The number of amides is 1. The molecule has 1 N–H and O–H groups in total. The predicted molar refractivity (Wildman–Crippen MR) is 104 cm³/mol. The van der Waals surface area contributed by atoms with E-state index in [1.807, 2.05) is 30.3 Å². The van der Waals surface area contributed by atoms with Crippen LogP contribution in [0.1, 0.15) is 31.7 Å². The van der Waals surface area contributed by atoms with Gasteiger partial charge in [0.15, 0.2) is 5.65 Å². The van der Waals surface area contributed by atoms with Gasteiger partial charge in [0.25, 0.3) is 0 Å². The third-order valence-corrected chi connectivity index (χ3v) is 5.37. The van der Waals surface area contributed by atoms with Crippen molar-refractivity contribution in [1.82, 2.24) is 14.1 Å². The molecule has 0 atom stereocenters. The molecule has 0 aliphatic heterocycles. The van der Waals surface area contributed by atoms with Crippen molar-refractivity contribution in [3.63, 3.8) is 0 Å². The van der Waals surface area contributed by atoms with E-state index in [4.69, 9.17) is 0 Å². The Hall–Kier alpha value is -2.41. The first-order chi connectivity index (χ1) is 12.6. The van der Waals surface area contributed by atoms with E-state index in [1.54, 1.807) is 16.8 Å². The zero-order valence-electron chi connectivity index (χ0n) is 14.2. The Morgan fingerprint density at radius 2 is 1.92 bits per heavy atom. The van der Waals surface area contributed by atoms with Crippen molar-refractivity contribution < 1.29 is 4.79 Å². The Balaban J connectivity index is 1.65. The molecule has 1 saturated carbocycles. The molecule has 2 aromatic heterocycles. The van der Waals surface area contributed by atoms with Gasteiger partial charge in [-0.25, -0.2) is 9.78 Å². The molecule has 0 radical (unpaired) electrons. The smallest absolute Gasteiger partial charge is 0.325 e. The number of nitrogens with zero attached hydrogens (tertiary/aromatic N) is 3. The van der Waals surface area contributed by atoms with Crippen LogP contribution in [0.5, 0.6) is 0 Å². The van der Waals surface area contributed by atoms with Crippen LogP contribution in [0.15, 0.2) is 51.9 Å². The van der Waals surface area contributed by atoms with Crippen LogP contribution in [0.2, 0.25) is 0 Å². The standard InChI is InChI=1S/C19H19BrN4O2/c20-13-7-9-14(10-8-13)22-17(25)12-23-16-6-3-11-21-18(16)24(19(23)26)15-4-1-2-5-15/h3,6-11,15H,1-2,4-5,12H2,(H,22,25). The number of imidazole rings is 1. The molecule has 0 spiro atoms. The molecule has 26 heavy (non-hydrogen) atoms. The number of fused-ring (bicyclic) bond motifs is 1. The highest BCUT2D eigenvalue weighted by Gasteiger charge is 2.24. The Labute approximate surface area is 159 Å². The molecule has 1 aromatic carbocycles. The summed E-state index contributed by atoms with van der Waals surface area (Å²) in [5, 5.41) is 2.84. The number of pyridine rings is 1. The summed E-state index contributed by atoms with van der Waals surface area (Å²) in [4.78, 5) is 29.9. The molecule has 4 rings (SSSR count). The van der Waals surface area contributed by atoms with E-state index in [2.05, 4.69) is 26.2 Å². The number of halogens is 1. The van der Waals surface area contributed by atoms with Crippen LogP contribution >= 0.6 is 15.9 Å². The third-order valence-electron chi connectivity index (χ3n) is 4.84. The van der Waals surface area contributed by atoms with Crippen molar-refractivity contribution in [2.45, 2.75) is 38.3 Å². The fourth-order valence-corrected chi connectivity index (χ4v) is 3.89. The molecule has 1 amide bonds. The van der Waals surface area contributed by atoms with Crippen LogP contribution in [-0.2, 0) is 11.3 Å². The lowest BCUT2D eigenvalue weighted by Gasteiger charge is -2.10. The van der Waals surface area contributed by atoms with Gasteiger partial charge in [0.05, 0.1) is 5.52 Å². The summed E-state index contributed by atoms with van der Waals surface area (Å²) in [6.07, 6.45) is 5.92. The van der Waals surface area contributed by atoms with Crippen LogP contribution in [0.4, 0.5) is 5.69 Å². The Morgan fingerprint density at radius 1 is 1.19 bits per heavy atom. The van der Waals surface area contributed by atoms with E-state index in [-0.39, 0.29) is 24.2 Å². The number of aromatic nitrogens is 3. The molecule has 7 heteroatoms. The number of anilines is 1. The van der Waals surface area contributed by atoms with E-state index < -0.39 is 0 Å². The number of rotatable bonds is 4. The van der Waals surface area contributed by atoms with Crippen molar-refractivity contribution in [3.05, 3.63) is 57.6 Å². The van der Waals surface area contributed by atoms with E-state index in [9.17, 15) is 9.59 Å². The van der Waals surface area contributed by atoms with E-state index in [0.29, 0.717) is 16.9 Å². The van der Waals surface area contributed by atoms with Crippen LogP contribution < -0.4 is 11.0 Å². The lowest BCUT2D eigenvalue weighted by atomic mass is 10.2. The van der Waals surface area contributed by atoms with Crippen molar-refractivity contribution in [2.24, 2.45) is 0 Å². The van der Waals surface area contributed by atoms with Gasteiger partial charge in [-0.15, -0.1) is 0 Å². The second-order valence-electron chi connectivity index (χ2n) is 6.58. The Kier molecular flexibility index (Phi) is 4.63. The second-order valence-corrected chi connectivity index (χ2v) is 7.49. The predicted octanol–water partition coefficient (Wildman–Crippen LogP) is 3.71. The molecule has 1 aliphatic rings. The van der Waals surface area contributed by atoms with Crippen molar-refractivity contribution >= 4 is 38.7 Å². The summed E-state index contributed by atoms with van der Waals surface area (Å²) >= 11 is 3.37. The number of hydrogen-bond donors (Lipinski definition) is 1. The van der Waals surface area contributed by atoms with Gasteiger partial charge in [-0.2, -0.15) is 0 Å². The third kappa shape index (κ3) is 3.19. The Morgan fingerprint density at radius 3 is 2.65 bits per heavy atom. The van der Waals surface area contributed by atoms with Gasteiger partial charge in [0, 0.05) is 22.4 Å². The van der Waals surface area contributed by atoms with Crippen molar-refractivity contribution in [1.29, 1.82) is 0 Å². The molecular formula is C19H19BrN4O2. The molecule has 0 saturated heterocycles. The molecule has 0 bridgehead atoms. The molecule has 0 unspecified atom stereocenters. The Bertz CT molecular complexity index is 1000. The summed E-state index contributed by atoms with van der Waals surface area (Å²) < 4.78 is 4.24. The van der Waals surface area contributed by atoms with Crippen LogP contribution in [0.3, 0.4) is 0 Å². The van der Waals surface area contributed by atoms with Gasteiger partial charge in [-0.1, -0.05) is 28.8 Å². The highest BCUT2D eigenvalue weighted by Crippen LogP contribution is 2.30. The maximum atomic E-state index is 13.0. The molecule has 1 aliphatic carbocycles. The summed E-state index contributed by atoms with van der Waals surface area (Å²) in [7, 11) is 0. The lowest BCUT2D eigenvalue weighted by molar-refractivity contribution is -0.116. The topological polar surface area (TPSA) is 68.9 Å². The van der Waals surface area contributed by atoms with Gasteiger partial charge < -0.3 is 5.32 Å². The largest absolute Gasteiger partial charge is 0.331 e. The maximum Gasteiger partial charge on any atom is 0.331 e. The fraction of sp³-hybridized carbons (Fsp3) is 0.316. The highest BCUT2D eigenvalue weighted by atomic mass is 79.9. The van der Waals surface area contributed by atoms with E-state index in [0.717, 1.165) is 30.2 Å². The second kappa shape index (κ2) is 7.07. The highest BCUT2D eigenvalue weighted by molar-refractivity contribution is 9.10. The summed E-state index contributed by atoms with van der Waals surface area (Å²) in [5.41, 5.74) is 1.91. The van der Waals surface area contributed by atoms with Gasteiger partial charge in [0.1, 0.15) is 6.54 Å². The SMILES string of the molecule is O=C(Cn1c(=O)n(C2CCCC2)c2ncccc21)Nc1ccc(Br)cc1. The zero-order chi connectivity index (χ0) is 18.1. The molecule has 1 fully saturated rings. The quantitative estimate of drug-likeness (QED) is 0.707. The fourth-order valence-electron chi connectivity index (χ4n) is 3.63. The average molecular weight is 415 g/mol. The maximum absolute atomic E-state index is 13.0. The minimum Gasteiger partial charge on any atom is -0.325 e. The van der Waals surface area contributed by atoms with Gasteiger partial charge in [0.2, 0.25) is 5.91 Å². The molecule has 2 heterocycles. The molecule has 134 valence electrons. The molecule has 3 aromatic rings.